The van der Waals surface area contributed by atoms with Gasteiger partial charge in [-0.25, -0.2) is 4.39 Å². The lowest BCUT2D eigenvalue weighted by Crippen LogP contribution is -2.11. The van der Waals surface area contributed by atoms with Crippen molar-refractivity contribution in [2.75, 3.05) is 12.8 Å². The molecule has 138 valence electrons. The van der Waals surface area contributed by atoms with Crippen LogP contribution in [-0.2, 0) is 6.18 Å². The van der Waals surface area contributed by atoms with Crippen molar-refractivity contribution in [1.29, 1.82) is 5.26 Å². The first-order valence-corrected chi connectivity index (χ1v) is 9.42. The second-order valence-electron chi connectivity index (χ2n) is 5.37. The topological polar surface area (TPSA) is 27.0 Å². The molecule has 26 heavy (non-hydrogen) atoms. The second-order valence-corrected chi connectivity index (χ2v) is 7.87. The van der Waals surface area contributed by atoms with Crippen molar-refractivity contribution in [3.05, 3.63) is 69.5 Å². The first kappa shape index (κ1) is 20.5. The minimum absolute atomic E-state index is 0.00344. The van der Waals surface area contributed by atoms with Gasteiger partial charge in [0.2, 0.25) is 0 Å². The smallest absolute Gasteiger partial charge is 0.351 e. The van der Waals surface area contributed by atoms with Crippen molar-refractivity contribution in [1.82, 2.24) is 4.90 Å². The maximum absolute atomic E-state index is 14.4. The first-order valence-electron chi connectivity index (χ1n) is 7.56. The van der Waals surface area contributed by atoms with Crippen LogP contribution in [0.15, 0.2) is 52.6 Å². The van der Waals surface area contributed by atoms with Crippen molar-refractivity contribution in [2.24, 2.45) is 0 Å². The van der Waals surface area contributed by atoms with Gasteiger partial charge in [0.05, 0.1) is 21.1 Å². The Morgan fingerprint density at radius 3 is 2.65 bits per heavy atom. The normalized spacial score (nSPS) is 19.9. The molecule has 1 heterocycles. The Morgan fingerprint density at radius 1 is 1.42 bits per heavy atom. The molecule has 1 atom stereocenters. The molecule has 0 amide bonds. The molecule has 0 bridgehead atoms. The predicted octanol–water partition coefficient (Wildman–Crippen LogP) is 6.08. The third kappa shape index (κ3) is 4.10. The summed E-state index contributed by atoms with van der Waals surface area (Å²) in [5.74, 6) is -0.856. The number of allylic oxidation sites excluding steroid dienone is 2. The van der Waals surface area contributed by atoms with E-state index >= 15 is 0 Å². The number of alkyl halides is 3. The zero-order valence-electron chi connectivity index (χ0n) is 14.1. The molecule has 0 aromatic heterocycles. The predicted molar refractivity (Wildman–Crippen MR) is 98.5 cm³/mol. The van der Waals surface area contributed by atoms with Crippen LogP contribution in [0.3, 0.4) is 0 Å². The summed E-state index contributed by atoms with van der Waals surface area (Å²) in [7, 11) is 1.74. The van der Waals surface area contributed by atoms with Gasteiger partial charge in [-0.1, -0.05) is 24.8 Å². The SMILES string of the molecule is C=CN(C)C(=C\C)/C(C#N)=C1\SCC(c2cccc(C(F)(F)F)c2F)S1. The molecule has 8 heteroatoms. The summed E-state index contributed by atoms with van der Waals surface area (Å²) in [5, 5.41) is 9.04. The van der Waals surface area contributed by atoms with Gasteiger partial charge in [0, 0.05) is 23.6 Å². The monoisotopic (exact) mass is 400 g/mol. The number of nitrogens with zero attached hydrogens (tertiary/aromatic N) is 2. The molecule has 0 N–H and O–H groups in total. The summed E-state index contributed by atoms with van der Waals surface area (Å²) < 4.78 is 53.8. The Labute approximate surface area is 158 Å². The highest BCUT2D eigenvalue weighted by Gasteiger charge is 2.37. The Morgan fingerprint density at radius 2 is 2.12 bits per heavy atom. The molecular weight excluding hydrogens is 384 g/mol. The summed E-state index contributed by atoms with van der Waals surface area (Å²) in [6, 6.07) is 5.45. The molecule has 1 unspecified atom stereocenters. The lowest BCUT2D eigenvalue weighted by molar-refractivity contribution is -0.140. The molecule has 0 saturated carbocycles. The number of rotatable bonds is 4. The number of hydrogen-bond donors (Lipinski definition) is 0. The van der Waals surface area contributed by atoms with Gasteiger partial charge in [0.1, 0.15) is 11.9 Å². The van der Waals surface area contributed by atoms with Crippen LogP contribution < -0.4 is 0 Å². The van der Waals surface area contributed by atoms with Crippen LogP contribution in [0.4, 0.5) is 17.6 Å². The van der Waals surface area contributed by atoms with Crippen LogP contribution in [-0.4, -0.2) is 17.7 Å². The van der Waals surface area contributed by atoms with Gasteiger partial charge in [0.15, 0.2) is 0 Å². The van der Waals surface area contributed by atoms with Crippen LogP contribution >= 0.6 is 23.5 Å². The summed E-state index contributed by atoms with van der Waals surface area (Å²) in [5.41, 5.74) is -0.217. The summed E-state index contributed by atoms with van der Waals surface area (Å²) in [6.07, 6.45) is -1.42. The minimum atomic E-state index is -4.74. The van der Waals surface area contributed by atoms with Crippen LogP contribution in [0, 0.1) is 17.1 Å². The quantitative estimate of drug-likeness (QED) is 0.452. The summed E-state index contributed by atoms with van der Waals surface area (Å²) in [4.78, 5) is 1.69. The molecule has 2 rings (SSSR count). The Bertz CT molecular complexity index is 806. The van der Waals surface area contributed by atoms with E-state index in [-0.39, 0.29) is 5.56 Å². The minimum Gasteiger partial charge on any atom is -0.351 e. The van der Waals surface area contributed by atoms with Gasteiger partial charge >= 0.3 is 6.18 Å². The fourth-order valence-corrected chi connectivity index (χ4v) is 5.39. The fourth-order valence-electron chi connectivity index (χ4n) is 2.48. The number of benzene rings is 1. The molecule has 1 aliphatic heterocycles. The summed E-state index contributed by atoms with van der Waals surface area (Å²) >= 11 is 2.55. The molecule has 1 aliphatic rings. The van der Waals surface area contributed by atoms with E-state index in [1.807, 2.05) is 0 Å². The van der Waals surface area contributed by atoms with Crippen molar-refractivity contribution >= 4 is 23.5 Å². The van der Waals surface area contributed by atoms with Crippen LogP contribution in [0.2, 0.25) is 0 Å². The third-order valence-corrected chi connectivity index (χ3v) is 6.74. The standard InChI is InChI=1S/C18H16F4N2S2/c1-4-14(24(3)5-2)12(9-23)17-25-10-15(26-17)11-7-6-8-13(16(11)19)18(20,21)22/h4-8,15H,2,10H2,1,3H3/b14-4-,17-12+. The van der Waals surface area contributed by atoms with Gasteiger partial charge in [-0.2, -0.15) is 18.4 Å². The Balaban J connectivity index is 2.39. The van der Waals surface area contributed by atoms with Gasteiger partial charge in [-0.15, -0.1) is 23.5 Å². The molecule has 0 spiro atoms. The van der Waals surface area contributed by atoms with E-state index in [9.17, 15) is 22.8 Å². The zero-order valence-corrected chi connectivity index (χ0v) is 15.7. The lowest BCUT2D eigenvalue weighted by atomic mass is 10.1. The number of likely N-dealkylation sites (N-methyl/N-ethyl adjacent to an activating group) is 1. The molecule has 1 fully saturated rings. The Hall–Kier alpha value is -1.85. The third-order valence-electron chi connectivity index (χ3n) is 3.80. The van der Waals surface area contributed by atoms with E-state index in [4.69, 9.17) is 0 Å². The van der Waals surface area contributed by atoms with Crippen molar-refractivity contribution in [3.63, 3.8) is 0 Å². The molecule has 1 aromatic rings. The van der Waals surface area contributed by atoms with Gasteiger partial charge < -0.3 is 4.90 Å². The van der Waals surface area contributed by atoms with Gasteiger partial charge in [-0.05, 0) is 19.2 Å². The maximum atomic E-state index is 14.4. The van der Waals surface area contributed by atoms with E-state index in [1.165, 1.54) is 35.7 Å². The second kappa shape index (κ2) is 8.23. The maximum Gasteiger partial charge on any atom is 0.419 e. The molecule has 1 saturated heterocycles. The number of thioether (sulfide) groups is 2. The highest BCUT2D eigenvalue weighted by Crippen LogP contribution is 2.53. The first-order chi connectivity index (χ1) is 12.2. The number of halogens is 4. The highest BCUT2D eigenvalue weighted by atomic mass is 32.2. The number of hydrogen-bond acceptors (Lipinski definition) is 4. The molecule has 0 aliphatic carbocycles. The van der Waals surface area contributed by atoms with Crippen molar-refractivity contribution in [3.8, 4) is 6.07 Å². The van der Waals surface area contributed by atoms with E-state index in [1.54, 1.807) is 31.1 Å². The average molecular weight is 400 g/mol. The van der Waals surface area contributed by atoms with Crippen LogP contribution in [0.25, 0.3) is 0 Å². The van der Waals surface area contributed by atoms with E-state index in [0.717, 1.165) is 6.07 Å². The number of nitriles is 1. The molecular formula is C18H16F4N2S2. The summed E-state index contributed by atoms with van der Waals surface area (Å²) in [6.45, 7) is 5.44. The highest BCUT2D eigenvalue weighted by molar-refractivity contribution is 8.25. The van der Waals surface area contributed by atoms with Crippen molar-refractivity contribution < 1.29 is 17.6 Å². The zero-order chi connectivity index (χ0) is 19.5. The van der Waals surface area contributed by atoms with Gasteiger partial charge in [-0.3, -0.25) is 0 Å². The lowest BCUT2D eigenvalue weighted by Gasteiger charge is -2.18. The van der Waals surface area contributed by atoms with Crippen LogP contribution in [0.5, 0.6) is 0 Å². The molecule has 0 radical (unpaired) electrons. The van der Waals surface area contributed by atoms with Crippen LogP contribution in [0.1, 0.15) is 23.3 Å². The Kier molecular flexibility index (Phi) is 6.48. The van der Waals surface area contributed by atoms with Gasteiger partial charge in [0.25, 0.3) is 0 Å². The van der Waals surface area contributed by atoms with Crippen molar-refractivity contribution in [2.45, 2.75) is 18.3 Å². The van der Waals surface area contributed by atoms with E-state index in [2.05, 4.69) is 12.6 Å². The largest absolute Gasteiger partial charge is 0.419 e. The average Bonchev–Trinajstić information content (AvgIpc) is 3.07. The van der Waals surface area contributed by atoms with E-state index in [0.29, 0.717) is 21.3 Å². The van der Waals surface area contributed by atoms with E-state index < -0.39 is 22.8 Å². The molecule has 2 nitrogen and oxygen atoms in total. The molecule has 1 aromatic carbocycles. The fraction of sp³-hybridized carbons (Fsp3) is 0.278.